The molecule has 0 aromatic carbocycles. The third kappa shape index (κ3) is 5.29. The zero-order valence-electron chi connectivity index (χ0n) is 17.3. The first kappa shape index (κ1) is 22.7. The second-order valence-electron chi connectivity index (χ2n) is 8.13. The van der Waals surface area contributed by atoms with Crippen molar-refractivity contribution in [1.29, 1.82) is 0 Å². The number of carboxylic acid groups (broad SMARTS) is 1. The Labute approximate surface area is 171 Å². The molecule has 1 aliphatic rings. The maximum Gasteiger partial charge on any atom is 0.407 e. The van der Waals surface area contributed by atoms with E-state index in [1.807, 2.05) is 45.0 Å². The number of rotatable bonds is 4. The van der Waals surface area contributed by atoms with Crippen molar-refractivity contribution in [2.45, 2.75) is 57.5 Å². The number of aryl methyl sites for hydroxylation is 2. The molecule has 1 aliphatic heterocycles. The number of hydrogen-bond acceptors (Lipinski definition) is 6. The molecule has 0 aliphatic carbocycles. The standard InChI is InChI=1S/C21H28N4O2.H3NO/c1-15-6-4-9-23-17(15)12-21(13-18-16(2)7-5-10-24-18)14-20(3,22)8-11-25(21)19(26)27;1-2/h4-7,9-10H,8,11-14,22H2,1-3H3,(H,26,27);2H,1H2. The van der Waals surface area contributed by atoms with Crippen LogP contribution in [0.25, 0.3) is 0 Å². The van der Waals surface area contributed by atoms with Gasteiger partial charge in [0.25, 0.3) is 0 Å². The number of nitrogens with two attached hydrogens (primary N) is 2. The second-order valence-corrected chi connectivity index (χ2v) is 8.13. The third-order valence-electron chi connectivity index (χ3n) is 5.67. The maximum atomic E-state index is 12.2. The molecule has 8 heteroatoms. The Hall–Kier alpha value is -2.55. The number of piperidine rings is 1. The van der Waals surface area contributed by atoms with Crippen molar-refractivity contribution in [1.82, 2.24) is 14.9 Å². The number of carbonyl (C=O) groups is 1. The van der Waals surface area contributed by atoms with Crippen molar-refractivity contribution in [2.75, 3.05) is 6.54 Å². The van der Waals surface area contributed by atoms with Gasteiger partial charge >= 0.3 is 6.09 Å². The molecule has 1 saturated heterocycles. The van der Waals surface area contributed by atoms with E-state index in [1.54, 1.807) is 17.3 Å². The van der Waals surface area contributed by atoms with Gasteiger partial charge in [0.2, 0.25) is 0 Å². The van der Waals surface area contributed by atoms with Crippen LogP contribution in [-0.4, -0.2) is 48.9 Å². The zero-order chi connectivity index (χ0) is 21.7. The topological polar surface area (TPSA) is 139 Å². The number of pyridine rings is 2. The third-order valence-corrected chi connectivity index (χ3v) is 5.67. The van der Waals surface area contributed by atoms with Gasteiger partial charge in [0.05, 0.1) is 5.54 Å². The highest BCUT2D eigenvalue weighted by Crippen LogP contribution is 2.39. The van der Waals surface area contributed by atoms with Crippen LogP contribution in [0.2, 0.25) is 0 Å². The van der Waals surface area contributed by atoms with E-state index in [1.165, 1.54) is 0 Å². The van der Waals surface area contributed by atoms with Crippen molar-refractivity contribution in [3.63, 3.8) is 0 Å². The van der Waals surface area contributed by atoms with Crippen LogP contribution in [-0.2, 0) is 12.8 Å². The van der Waals surface area contributed by atoms with Crippen molar-refractivity contribution >= 4 is 6.09 Å². The summed E-state index contributed by atoms with van der Waals surface area (Å²) in [6.45, 7) is 6.45. The van der Waals surface area contributed by atoms with E-state index in [0.717, 1.165) is 22.5 Å². The van der Waals surface area contributed by atoms with Crippen LogP contribution in [0.3, 0.4) is 0 Å². The minimum Gasteiger partial charge on any atom is -0.465 e. The summed E-state index contributed by atoms with van der Waals surface area (Å²) in [6.07, 6.45) is 4.87. The number of nitrogens with zero attached hydrogens (tertiary/aromatic N) is 3. The molecule has 1 unspecified atom stereocenters. The molecule has 2 aromatic heterocycles. The average molecular weight is 402 g/mol. The van der Waals surface area contributed by atoms with Crippen molar-refractivity contribution in [2.24, 2.45) is 11.6 Å². The summed E-state index contributed by atoms with van der Waals surface area (Å²) in [4.78, 5) is 22.8. The lowest BCUT2D eigenvalue weighted by atomic mass is 9.71. The van der Waals surface area contributed by atoms with E-state index < -0.39 is 17.2 Å². The minimum atomic E-state index is -0.910. The molecular formula is C21H31N5O3. The molecule has 29 heavy (non-hydrogen) atoms. The van der Waals surface area contributed by atoms with Crippen LogP contribution in [0.1, 0.15) is 42.3 Å². The SMILES string of the molecule is Cc1cccnc1CC1(Cc2ncccc2C)CC(C)(N)CCN1C(=O)O.NO. The second kappa shape index (κ2) is 9.30. The highest BCUT2D eigenvalue weighted by atomic mass is 16.4. The average Bonchev–Trinajstić information content (AvgIpc) is 2.66. The lowest BCUT2D eigenvalue weighted by molar-refractivity contribution is 0.0194. The molecule has 0 radical (unpaired) electrons. The predicted molar refractivity (Wildman–Crippen MR) is 111 cm³/mol. The molecule has 2 aromatic rings. The molecule has 6 N–H and O–H groups in total. The van der Waals surface area contributed by atoms with Crippen LogP contribution in [0.15, 0.2) is 36.7 Å². The van der Waals surface area contributed by atoms with Gasteiger partial charge in [-0.25, -0.2) is 10.7 Å². The Balaban J connectivity index is 0.00000145. The van der Waals surface area contributed by atoms with Gasteiger partial charge in [-0.1, -0.05) is 12.1 Å². The summed E-state index contributed by atoms with van der Waals surface area (Å²) in [7, 11) is 0. The summed E-state index contributed by atoms with van der Waals surface area (Å²) in [5.74, 6) is 3.50. The van der Waals surface area contributed by atoms with Crippen molar-refractivity contribution in [3.05, 3.63) is 59.2 Å². The maximum absolute atomic E-state index is 12.2. The monoisotopic (exact) mass is 401 g/mol. The molecule has 8 nitrogen and oxygen atoms in total. The van der Waals surface area contributed by atoms with E-state index in [-0.39, 0.29) is 0 Å². The van der Waals surface area contributed by atoms with Gasteiger partial charge in [-0.15, -0.1) is 0 Å². The van der Waals surface area contributed by atoms with Crippen molar-refractivity contribution in [3.8, 4) is 0 Å². The Morgan fingerprint density at radius 3 is 2.00 bits per heavy atom. The molecule has 3 rings (SSSR count). The van der Waals surface area contributed by atoms with Crippen LogP contribution in [0, 0.1) is 13.8 Å². The Morgan fingerprint density at radius 2 is 1.59 bits per heavy atom. The molecular weight excluding hydrogens is 370 g/mol. The predicted octanol–water partition coefficient (Wildman–Crippen LogP) is 2.44. The fraction of sp³-hybridized carbons (Fsp3) is 0.476. The molecule has 1 amide bonds. The molecule has 158 valence electrons. The quantitative estimate of drug-likeness (QED) is 0.577. The van der Waals surface area contributed by atoms with E-state index in [9.17, 15) is 9.90 Å². The lowest BCUT2D eigenvalue weighted by Gasteiger charge is -2.51. The number of likely N-dealkylation sites (tertiary alicyclic amines) is 1. The summed E-state index contributed by atoms with van der Waals surface area (Å²) in [6, 6.07) is 7.82. The summed E-state index contributed by atoms with van der Waals surface area (Å²) in [5.41, 5.74) is 9.37. The Kier molecular flexibility index (Phi) is 7.29. The van der Waals surface area contributed by atoms with Gasteiger partial charge in [-0.2, -0.15) is 0 Å². The minimum absolute atomic E-state index is 0.417. The van der Waals surface area contributed by atoms with Crippen molar-refractivity contribution < 1.29 is 15.1 Å². The van der Waals surface area contributed by atoms with E-state index in [0.29, 0.717) is 32.2 Å². The first-order valence-electron chi connectivity index (χ1n) is 9.59. The van der Waals surface area contributed by atoms with Gasteiger partial charge in [-0.3, -0.25) is 9.97 Å². The van der Waals surface area contributed by atoms with Gasteiger partial charge in [-0.05, 0) is 56.9 Å². The highest BCUT2D eigenvalue weighted by Gasteiger charge is 2.48. The smallest absolute Gasteiger partial charge is 0.407 e. The van der Waals surface area contributed by atoms with Crippen LogP contribution >= 0.6 is 0 Å². The first-order valence-corrected chi connectivity index (χ1v) is 9.59. The molecule has 0 bridgehead atoms. The highest BCUT2D eigenvalue weighted by molar-refractivity contribution is 5.67. The van der Waals surface area contributed by atoms with Crippen LogP contribution < -0.4 is 11.6 Å². The van der Waals surface area contributed by atoms with Crippen LogP contribution in [0.4, 0.5) is 4.79 Å². The number of hydrogen-bond donors (Lipinski definition) is 4. The molecule has 1 atom stereocenters. The fourth-order valence-corrected chi connectivity index (χ4v) is 4.25. The van der Waals surface area contributed by atoms with Gasteiger partial charge in [0.15, 0.2) is 0 Å². The molecule has 1 fully saturated rings. The normalized spacial score (nSPS) is 20.6. The number of aromatic nitrogens is 2. The van der Waals surface area contributed by atoms with E-state index >= 15 is 0 Å². The summed E-state index contributed by atoms with van der Waals surface area (Å²) in [5, 5.41) is 16.5. The van der Waals surface area contributed by atoms with E-state index in [2.05, 4.69) is 15.9 Å². The van der Waals surface area contributed by atoms with Crippen LogP contribution in [0.5, 0.6) is 0 Å². The first-order chi connectivity index (χ1) is 13.7. The zero-order valence-corrected chi connectivity index (χ0v) is 17.3. The summed E-state index contributed by atoms with van der Waals surface area (Å²) >= 11 is 0. The van der Waals surface area contributed by atoms with Gasteiger partial charge < -0.3 is 20.9 Å². The largest absolute Gasteiger partial charge is 0.465 e. The Bertz CT molecular complexity index is 793. The molecule has 3 heterocycles. The van der Waals surface area contributed by atoms with E-state index in [4.69, 9.17) is 10.9 Å². The number of amides is 1. The molecule has 0 spiro atoms. The van der Waals surface area contributed by atoms with Gasteiger partial charge in [0, 0.05) is 48.7 Å². The van der Waals surface area contributed by atoms with Gasteiger partial charge in [0.1, 0.15) is 0 Å². The summed E-state index contributed by atoms with van der Waals surface area (Å²) < 4.78 is 0. The lowest BCUT2D eigenvalue weighted by Crippen LogP contribution is -2.64. The molecule has 0 saturated carbocycles. The fourth-order valence-electron chi connectivity index (χ4n) is 4.25. The Morgan fingerprint density at radius 1 is 1.10 bits per heavy atom.